The minimum absolute atomic E-state index is 0.352. The second kappa shape index (κ2) is 4.81. The Labute approximate surface area is 108 Å². The SMILES string of the molecule is CCC1(CNCc2ccc3c(c2)OCO3)CCC1. The molecule has 0 radical (unpaired) electrons. The average Bonchev–Trinajstić information content (AvgIpc) is 2.80. The Bertz CT molecular complexity index is 421. The van der Waals surface area contributed by atoms with Crippen molar-refractivity contribution in [2.75, 3.05) is 13.3 Å². The van der Waals surface area contributed by atoms with Gasteiger partial charge >= 0.3 is 0 Å². The van der Waals surface area contributed by atoms with Gasteiger partial charge in [0.05, 0.1) is 0 Å². The molecule has 3 heteroatoms. The van der Waals surface area contributed by atoms with E-state index in [-0.39, 0.29) is 0 Å². The van der Waals surface area contributed by atoms with E-state index in [1.54, 1.807) is 0 Å². The molecule has 1 aliphatic carbocycles. The number of rotatable bonds is 5. The fraction of sp³-hybridized carbons (Fsp3) is 0.600. The molecule has 1 aromatic rings. The number of benzene rings is 1. The third-order valence-corrected chi connectivity index (χ3v) is 4.43. The summed E-state index contributed by atoms with van der Waals surface area (Å²) in [5.41, 5.74) is 1.85. The second-order valence-corrected chi connectivity index (χ2v) is 5.50. The summed E-state index contributed by atoms with van der Waals surface area (Å²) in [7, 11) is 0. The van der Waals surface area contributed by atoms with Crippen molar-refractivity contribution in [3.8, 4) is 11.5 Å². The standard InChI is InChI=1S/C15H21NO2/c1-2-15(6-3-7-15)10-16-9-12-4-5-13-14(8-12)18-11-17-13/h4-5,8,16H,2-3,6-7,9-11H2,1H3. The van der Waals surface area contributed by atoms with Crippen molar-refractivity contribution in [3.63, 3.8) is 0 Å². The van der Waals surface area contributed by atoms with E-state index in [9.17, 15) is 0 Å². The van der Waals surface area contributed by atoms with E-state index in [0.29, 0.717) is 12.2 Å². The van der Waals surface area contributed by atoms with Crippen LogP contribution < -0.4 is 14.8 Å². The van der Waals surface area contributed by atoms with Gasteiger partial charge in [0.2, 0.25) is 6.79 Å². The Balaban J connectivity index is 1.54. The minimum atomic E-state index is 0.352. The molecule has 0 amide bonds. The summed E-state index contributed by atoms with van der Waals surface area (Å²) in [6.07, 6.45) is 5.47. The summed E-state index contributed by atoms with van der Waals surface area (Å²) in [6, 6.07) is 6.19. The molecule has 2 aliphatic rings. The summed E-state index contributed by atoms with van der Waals surface area (Å²) in [4.78, 5) is 0. The zero-order valence-corrected chi connectivity index (χ0v) is 11.0. The first kappa shape index (κ1) is 11.8. The molecule has 0 aromatic heterocycles. The van der Waals surface area contributed by atoms with Gasteiger partial charge in [0, 0.05) is 13.1 Å². The summed E-state index contributed by atoms with van der Waals surface area (Å²) in [5.74, 6) is 1.74. The van der Waals surface area contributed by atoms with Crippen LogP contribution in [0.3, 0.4) is 0 Å². The quantitative estimate of drug-likeness (QED) is 0.867. The monoisotopic (exact) mass is 247 g/mol. The Hall–Kier alpha value is -1.22. The van der Waals surface area contributed by atoms with Crippen LogP contribution in [0.15, 0.2) is 18.2 Å². The minimum Gasteiger partial charge on any atom is -0.454 e. The van der Waals surface area contributed by atoms with Gasteiger partial charge in [-0.2, -0.15) is 0 Å². The summed E-state index contributed by atoms with van der Waals surface area (Å²) in [6.45, 7) is 4.71. The van der Waals surface area contributed by atoms with Gasteiger partial charge in [-0.05, 0) is 42.4 Å². The van der Waals surface area contributed by atoms with Crippen LogP contribution in [0.25, 0.3) is 0 Å². The predicted molar refractivity (Wildman–Crippen MR) is 70.8 cm³/mol. The first-order valence-electron chi connectivity index (χ1n) is 6.91. The number of hydrogen-bond donors (Lipinski definition) is 1. The highest BCUT2D eigenvalue weighted by Crippen LogP contribution is 2.43. The van der Waals surface area contributed by atoms with Crippen molar-refractivity contribution in [2.24, 2.45) is 5.41 Å². The first-order valence-corrected chi connectivity index (χ1v) is 6.91. The maximum atomic E-state index is 5.39. The van der Waals surface area contributed by atoms with E-state index in [1.807, 2.05) is 6.07 Å². The Morgan fingerprint density at radius 1 is 1.22 bits per heavy atom. The zero-order valence-electron chi connectivity index (χ0n) is 11.0. The number of fused-ring (bicyclic) bond motifs is 1. The predicted octanol–water partition coefficient (Wildman–Crippen LogP) is 3.09. The highest BCUT2D eigenvalue weighted by Gasteiger charge is 2.34. The van der Waals surface area contributed by atoms with Crippen molar-refractivity contribution < 1.29 is 9.47 Å². The lowest BCUT2D eigenvalue weighted by Gasteiger charge is -2.41. The van der Waals surface area contributed by atoms with E-state index in [2.05, 4.69) is 24.4 Å². The summed E-state index contributed by atoms with van der Waals surface area (Å²) in [5, 5.41) is 3.59. The molecule has 18 heavy (non-hydrogen) atoms. The number of ether oxygens (including phenoxy) is 2. The molecule has 1 N–H and O–H groups in total. The van der Waals surface area contributed by atoms with Gasteiger partial charge in [0.25, 0.3) is 0 Å². The summed E-state index contributed by atoms with van der Waals surface area (Å²) < 4.78 is 10.7. The smallest absolute Gasteiger partial charge is 0.231 e. The normalized spacial score (nSPS) is 19.6. The van der Waals surface area contributed by atoms with Gasteiger partial charge < -0.3 is 14.8 Å². The zero-order chi connectivity index (χ0) is 12.4. The molecule has 0 bridgehead atoms. The van der Waals surface area contributed by atoms with E-state index in [0.717, 1.165) is 24.6 Å². The molecule has 3 rings (SSSR count). The third kappa shape index (κ3) is 2.19. The van der Waals surface area contributed by atoms with E-state index in [4.69, 9.17) is 9.47 Å². The molecule has 1 saturated carbocycles. The maximum absolute atomic E-state index is 5.39. The van der Waals surface area contributed by atoms with Crippen LogP contribution in [0.4, 0.5) is 0 Å². The number of hydrogen-bond acceptors (Lipinski definition) is 3. The highest BCUT2D eigenvalue weighted by molar-refractivity contribution is 5.44. The van der Waals surface area contributed by atoms with Crippen LogP contribution >= 0.6 is 0 Å². The lowest BCUT2D eigenvalue weighted by Crippen LogP contribution is -2.39. The van der Waals surface area contributed by atoms with Crippen LogP contribution in [0.2, 0.25) is 0 Å². The van der Waals surface area contributed by atoms with Crippen molar-refractivity contribution in [2.45, 2.75) is 39.2 Å². The molecule has 1 heterocycles. The molecule has 3 nitrogen and oxygen atoms in total. The summed E-state index contributed by atoms with van der Waals surface area (Å²) >= 11 is 0. The molecular weight excluding hydrogens is 226 g/mol. The molecule has 0 spiro atoms. The molecule has 1 aromatic carbocycles. The Morgan fingerprint density at radius 2 is 2.06 bits per heavy atom. The fourth-order valence-electron chi connectivity index (χ4n) is 2.86. The number of nitrogens with one attached hydrogen (secondary N) is 1. The lowest BCUT2D eigenvalue weighted by atomic mass is 9.67. The van der Waals surface area contributed by atoms with Crippen molar-refractivity contribution in [1.82, 2.24) is 5.32 Å². The molecule has 0 unspecified atom stereocenters. The van der Waals surface area contributed by atoms with Gasteiger partial charge in [0.1, 0.15) is 0 Å². The first-order chi connectivity index (χ1) is 8.81. The van der Waals surface area contributed by atoms with Gasteiger partial charge in [-0.1, -0.05) is 19.4 Å². The van der Waals surface area contributed by atoms with Crippen LogP contribution in [-0.2, 0) is 6.54 Å². The van der Waals surface area contributed by atoms with Gasteiger partial charge in [-0.15, -0.1) is 0 Å². The molecule has 0 atom stereocenters. The van der Waals surface area contributed by atoms with E-state index in [1.165, 1.54) is 31.2 Å². The highest BCUT2D eigenvalue weighted by atomic mass is 16.7. The molecular formula is C15H21NO2. The largest absolute Gasteiger partial charge is 0.454 e. The third-order valence-electron chi connectivity index (χ3n) is 4.43. The maximum Gasteiger partial charge on any atom is 0.231 e. The van der Waals surface area contributed by atoms with E-state index < -0.39 is 0 Å². The Morgan fingerprint density at radius 3 is 2.78 bits per heavy atom. The topological polar surface area (TPSA) is 30.5 Å². The van der Waals surface area contributed by atoms with Gasteiger partial charge in [-0.25, -0.2) is 0 Å². The lowest BCUT2D eigenvalue weighted by molar-refractivity contribution is 0.124. The average molecular weight is 247 g/mol. The fourth-order valence-corrected chi connectivity index (χ4v) is 2.86. The molecule has 0 saturated heterocycles. The molecule has 1 fully saturated rings. The van der Waals surface area contributed by atoms with Crippen LogP contribution in [0.1, 0.15) is 38.2 Å². The van der Waals surface area contributed by atoms with E-state index >= 15 is 0 Å². The van der Waals surface area contributed by atoms with Crippen LogP contribution in [0, 0.1) is 5.41 Å². The molecule has 1 aliphatic heterocycles. The van der Waals surface area contributed by atoms with Gasteiger partial charge in [0.15, 0.2) is 11.5 Å². The molecule has 98 valence electrons. The van der Waals surface area contributed by atoms with Crippen molar-refractivity contribution >= 4 is 0 Å². The second-order valence-electron chi connectivity index (χ2n) is 5.50. The Kier molecular flexibility index (Phi) is 3.16. The van der Waals surface area contributed by atoms with Gasteiger partial charge in [-0.3, -0.25) is 0 Å². The van der Waals surface area contributed by atoms with Crippen molar-refractivity contribution in [3.05, 3.63) is 23.8 Å². The van der Waals surface area contributed by atoms with Crippen molar-refractivity contribution in [1.29, 1.82) is 0 Å². The van der Waals surface area contributed by atoms with Crippen LogP contribution in [0.5, 0.6) is 11.5 Å². The van der Waals surface area contributed by atoms with Crippen LogP contribution in [-0.4, -0.2) is 13.3 Å².